The highest BCUT2D eigenvalue weighted by molar-refractivity contribution is 7.98. The molecule has 0 amide bonds. The van der Waals surface area contributed by atoms with Crippen LogP contribution in [0.2, 0.25) is 5.02 Å². The van der Waals surface area contributed by atoms with Crippen LogP contribution in [0.15, 0.2) is 69.8 Å². The van der Waals surface area contributed by atoms with Crippen LogP contribution in [0.3, 0.4) is 0 Å². The van der Waals surface area contributed by atoms with E-state index in [-0.39, 0.29) is 16.8 Å². The van der Waals surface area contributed by atoms with Crippen LogP contribution < -0.4 is 15.6 Å². The van der Waals surface area contributed by atoms with E-state index in [0.717, 1.165) is 16.8 Å². The summed E-state index contributed by atoms with van der Waals surface area (Å²) >= 11 is 7.54. The van der Waals surface area contributed by atoms with Gasteiger partial charge in [-0.05, 0) is 47.2 Å². The van der Waals surface area contributed by atoms with Crippen molar-refractivity contribution in [2.45, 2.75) is 43.5 Å². The average Bonchev–Trinajstić information content (AvgIpc) is 2.80. The van der Waals surface area contributed by atoms with Gasteiger partial charge in [-0.1, -0.05) is 61.5 Å². The van der Waals surface area contributed by atoms with E-state index in [0.29, 0.717) is 51.5 Å². The van der Waals surface area contributed by atoms with E-state index in [1.54, 1.807) is 7.11 Å². The molecule has 6 nitrogen and oxygen atoms in total. The van der Waals surface area contributed by atoms with Gasteiger partial charge in [0, 0.05) is 34.4 Å². The molecule has 0 saturated heterocycles. The third-order valence-corrected chi connectivity index (χ3v) is 7.57. The predicted octanol–water partition coefficient (Wildman–Crippen LogP) is 5.92. The summed E-state index contributed by atoms with van der Waals surface area (Å²) in [7, 11) is 1.60. The lowest BCUT2D eigenvalue weighted by molar-refractivity contribution is -0.118. The number of ether oxygens (including phenoxy) is 1. The van der Waals surface area contributed by atoms with Crippen molar-refractivity contribution in [2.24, 2.45) is 5.41 Å². The second-order valence-corrected chi connectivity index (χ2v) is 11.1. The first-order chi connectivity index (χ1) is 16.7. The van der Waals surface area contributed by atoms with Crippen molar-refractivity contribution in [2.75, 3.05) is 12.4 Å². The Balaban J connectivity index is 1.59. The molecule has 0 fully saturated rings. The van der Waals surface area contributed by atoms with E-state index < -0.39 is 5.92 Å². The van der Waals surface area contributed by atoms with Gasteiger partial charge in [0.25, 0.3) is 5.56 Å². The number of methoxy groups -OCH3 is 1. The second-order valence-electron chi connectivity index (χ2n) is 9.72. The van der Waals surface area contributed by atoms with E-state index in [9.17, 15) is 9.59 Å². The molecule has 1 aromatic heterocycles. The van der Waals surface area contributed by atoms with Gasteiger partial charge in [-0.25, -0.2) is 4.98 Å². The molecule has 35 heavy (non-hydrogen) atoms. The van der Waals surface area contributed by atoms with Gasteiger partial charge < -0.3 is 15.0 Å². The molecular formula is C27H26ClN3O3S. The summed E-state index contributed by atoms with van der Waals surface area (Å²) in [6.45, 7) is 4.17. The maximum Gasteiger partial charge on any atom is 0.257 e. The normalized spacial score (nSPS) is 18.5. The van der Waals surface area contributed by atoms with Gasteiger partial charge in [-0.2, -0.15) is 0 Å². The molecule has 2 heterocycles. The van der Waals surface area contributed by atoms with E-state index in [4.69, 9.17) is 21.3 Å². The van der Waals surface area contributed by atoms with Crippen LogP contribution in [0.4, 0.5) is 5.82 Å². The van der Waals surface area contributed by atoms with E-state index in [2.05, 4.69) is 24.1 Å². The van der Waals surface area contributed by atoms with Crippen molar-refractivity contribution in [3.05, 3.63) is 91.9 Å². The Morgan fingerprint density at radius 1 is 1.14 bits per heavy atom. The molecule has 1 aliphatic carbocycles. The molecule has 2 N–H and O–H groups in total. The van der Waals surface area contributed by atoms with Crippen LogP contribution in [0, 0.1) is 5.41 Å². The van der Waals surface area contributed by atoms with Crippen LogP contribution in [0.1, 0.15) is 49.3 Å². The standard InChI is InChI=1S/C27H26ClN3O3S/c1-27(2)12-19-22(20(32)13-27)21(16-7-5-9-18(11-16)34-3)23-24(29-19)30-26(31-25(23)33)35-14-15-6-4-8-17(28)10-15/h4-11,21H,12-14H2,1-3H3,(H2,29,30,31,33)/t21-/m1/s1. The SMILES string of the molecule is COc1cccc([C@@H]2C3=C(CC(C)(C)CC3=O)Nc3nc(SCc4cccc(Cl)c4)[nH]c(=O)c32)c1. The van der Waals surface area contributed by atoms with E-state index >= 15 is 0 Å². The summed E-state index contributed by atoms with van der Waals surface area (Å²) in [5.41, 5.74) is 3.39. The molecule has 0 bridgehead atoms. The Hall–Kier alpha value is -3.03. The number of hydrogen-bond donors (Lipinski definition) is 2. The summed E-state index contributed by atoms with van der Waals surface area (Å²) in [5.74, 6) is 1.33. The summed E-state index contributed by atoms with van der Waals surface area (Å²) in [6.07, 6.45) is 1.13. The number of carbonyl (C=O) groups is 1. The number of benzene rings is 2. The molecule has 1 atom stereocenters. The fourth-order valence-electron chi connectivity index (χ4n) is 4.89. The van der Waals surface area contributed by atoms with Crippen LogP contribution in [0.25, 0.3) is 0 Å². The molecular weight excluding hydrogens is 482 g/mol. The van der Waals surface area contributed by atoms with E-state index in [1.807, 2.05) is 48.5 Å². The molecule has 0 spiro atoms. The fourth-order valence-corrected chi connectivity index (χ4v) is 5.91. The minimum atomic E-state index is -0.511. The number of aromatic amines is 1. The molecule has 0 radical (unpaired) electrons. The Labute approximate surface area is 213 Å². The molecule has 5 rings (SSSR count). The zero-order valence-corrected chi connectivity index (χ0v) is 21.3. The Kier molecular flexibility index (Phi) is 6.23. The lowest BCUT2D eigenvalue weighted by Gasteiger charge is -2.38. The Morgan fingerprint density at radius 3 is 2.71 bits per heavy atom. The van der Waals surface area contributed by atoms with Gasteiger partial charge >= 0.3 is 0 Å². The van der Waals surface area contributed by atoms with Crippen LogP contribution >= 0.6 is 23.4 Å². The third-order valence-electron chi connectivity index (χ3n) is 6.39. The predicted molar refractivity (Wildman–Crippen MR) is 139 cm³/mol. The van der Waals surface area contributed by atoms with Crippen molar-refractivity contribution < 1.29 is 9.53 Å². The first-order valence-electron chi connectivity index (χ1n) is 11.4. The highest BCUT2D eigenvalue weighted by Crippen LogP contribution is 2.48. The number of thioether (sulfide) groups is 1. The summed E-state index contributed by atoms with van der Waals surface area (Å²) in [4.78, 5) is 34.6. The molecule has 1 aliphatic heterocycles. The van der Waals surface area contributed by atoms with Gasteiger partial charge in [-0.3, -0.25) is 9.59 Å². The van der Waals surface area contributed by atoms with Gasteiger partial charge in [0.15, 0.2) is 10.9 Å². The van der Waals surface area contributed by atoms with Crippen molar-refractivity contribution in [1.82, 2.24) is 9.97 Å². The molecule has 0 unspecified atom stereocenters. The number of aromatic nitrogens is 2. The number of fused-ring (bicyclic) bond motifs is 1. The zero-order valence-electron chi connectivity index (χ0n) is 19.8. The van der Waals surface area contributed by atoms with Crippen LogP contribution in [-0.4, -0.2) is 22.9 Å². The number of halogens is 1. The Bertz CT molecular complexity index is 1410. The third kappa shape index (κ3) is 4.75. The van der Waals surface area contributed by atoms with Gasteiger partial charge in [0.2, 0.25) is 0 Å². The van der Waals surface area contributed by atoms with Gasteiger partial charge in [0.1, 0.15) is 11.6 Å². The number of hydrogen-bond acceptors (Lipinski definition) is 6. The molecule has 180 valence electrons. The molecule has 0 saturated carbocycles. The first kappa shape index (κ1) is 23.7. The fraction of sp³-hybridized carbons (Fsp3) is 0.296. The summed E-state index contributed by atoms with van der Waals surface area (Å²) in [6, 6.07) is 15.2. The number of anilines is 1. The number of allylic oxidation sites excluding steroid dienone is 2. The number of nitrogens with one attached hydrogen (secondary N) is 2. The molecule has 2 aliphatic rings. The second kappa shape index (κ2) is 9.21. The number of H-pyrrole nitrogens is 1. The minimum absolute atomic E-state index is 0.0565. The lowest BCUT2D eigenvalue weighted by Crippen LogP contribution is -2.37. The molecule has 8 heteroatoms. The highest BCUT2D eigenvalue weighted by atomic mass is 35.5. The topological polar surface area (TPSA) is 84.1 Å². The zero-order chi connectivity index (χ0) is 24.7. The van der Waals surface area contributed by atoms with Crippen LogP contribution in [-0.2, 0) is 10.5 Å². The van der Waals surface area contributed by atoms with Crippen molar-refractivity contribution in [3.63, 3.8) is 0 Å². The Morgan fingerprint density at radius 2 is 1.94 bits per heavy atom. The van der Waals surface area contributed by atoms with Crippen molar-refractivity contribution in [1.29, 1.82) is 0 Å². The highest BCUT2D eigenvalue weighted by Gasteiger charge is 2.42. The van der Waals surface area contributed by atoms with Crippen molar-refractivity contribution >= 4 is 35.0 Å². The van der Waals surface area contributed by atoms with Gasteiger partial charge in [-0.15, -0.1) is 0 Å². The molecule has 2 aromatic carbocycles. The quantitative estimate of drug-likeness (QED) is 0.329. The number of nitrogens with zero attached hydrogens (tertiary/aromatic N) is 1. The minimum Gasteiger partial charge on any atom is -0.497 e. The van der Waals surface area contributed by atoms with Crippen LogP contribution in [0.5, 0.6) is 5.75 Å². The maximum atomic E-state index is 13.5. The summed E-state index contributed by atoms with van der Waals surface area (Å²) in [5, 5.41) is 4.54. The molecule has 3 aromatic rings. The van der Waals surface area contributed by atoms with Gasteiger partial charge in [0.05, 0.1) is 12.7 Å². The average molecular weight is 508 g/mol. The lowest BCUT2D eigenvalue weighted by atomic mass is 9.69. The number of carbonyl (C=O) groups excluding carboxylic acids is 1. The number of Topliss-reactive ketones (excluding diaryl/α,β-unsaturated/α-hetero) is 1. The number of rotatable bonds is 5. The first-order valence-corrected chi connectivity index (χ1v) is 12.8. The largest absolute Gasteiger partial charge is 0.497 e. The van der Waals surface area contributed by atoms with Crippen molar-refractivity contribution in [3.8, 4) is 5.75 Å². The smallest absolute Gasteiger partial charge is 0.257 e. The van der Waals surface area contributed by atoms with E-state index in [1.165, 1.54) is 11.8 Å². The maximum absolute atomic E-state index is 13.5. The monoisotopic (exact) mass is 507 g/mol. The number of ketones is 1. The summed E-state index contributed by atoms with van der Waals surface area (Å²) < 4.78 is 5.43.